The van der Waals surface area contributed by atoms with Gasteiger partial charge in [0.15, 0.2) is 0 Å². The van der Waals surface area contributed by atoms with Gasteiger partial charge in [-0.3, -0.25) is 4.79 Å². The number of hydrogen-bond acceptors (Lipinski definition) is 5. The van der Waals surface area contributed by atoms with E-state index in [0.29, 0.717) is 0 Å². The monoisotopic (exact) mass is 314 g/mol. The molecule has 1 rings (SSSR count). The molecule has 2 atom stereocenters. The maximum absolute atomic E-state index is 11.7. The summed E-state index contributed by atoms with van der Waals surface area (Å²) in [6, 6.07) is -1.48. The molecule has 10 heteroatoms. The number of hydrogen-bond donors (Lipinski definition) is 1. The van der Waals surface area contributed by atoms with Crippen LogP contribution in [0.2, 0.25) is 0 Å². The number of sulfonamides is 2. The maximum Gasteiger partial charge on any atom is 0.305 e. The summed E-state index contributed by atoms with van der Waals surface area (Å²) in [5.74, 6) is -1.17. The van der Waals surface area contributed by atoms with E-state index in [4.69, 9.17) is 5.11 Å². The van der Waals surface area contributed by atoms with Crippen LogP contribution < -0.4 is 0 Å². The standard InChI is InChI=1S/C9H18N2O6S2/c1-7-5-10(18(2,14)15)6-8(4-9(12)13)11(7)19(3,16)17/h7-8H,4-6H2,1-3H3,(H,12,13)/t7-,8+/m0/s1. The zero-order chi connectivity index (χ0) is 15.0. The Kier molecular flexibility index (Phi) is 4.60. The Morgan fingerprint density at radius 2 is 1.68 bits per heavy atom. The summed E-state index contributed by atoms with van der Waals surface area (Å²) in [6.07, 6.45) is 1.59. The highest BCUT2D eigenvalue weighted by atomic mass is 32.2. The van der Waals surface area contributed by atoms with Gasteiger partial charge in [0, 0.05) is 25.2 Å². The van der Waals surface area contributed by atoms with Crippen LogP contribution in [0.4, 0.5) is 0 Å². The van der Waals surface area contributed by atoms with Crippen molar-refractivity contribution in [2.45, 2.75) is 25.4 Å². The van der Waals surface area contributed by atoms with Crippen LogP contribution in [0.25, 0.3) is 0 Å². The molecule has 1 aliphatic rings. The second-order valence-electron chi connectivity index (χ2n) is 4.77. The van der Waals surface area contributed by atoms with Crippen molar-refractivity contribution in [2.75, 3.05) is 25.6 Å². The summed E-state index contributed by atoms with van der Waals surface area (Å²) >= 11 is 0. The lowest BCUT2D eigenvalue weighted by atomic mass is 10.1. The number of nitrogens with zero attached hydrogens (tertiary/aromatic N) is 2. The molecule has 0 aliphatic carbocycles. The second-order valence-corrected chi connectivity index (χ2v) is 8.64. The summed E-state index contributed by atoms with van der Waals surface area (Å²) in [5.41, 5.74) is 0. The van der Waals surface area contributed by atoms with Gasteiger partial charge < -0.3 is 5.11 Å². The lowest BCUT2D eigenvalue weighted by Crippen LogP contribution is -2.60. The predicted molar refractivity (Wildman–Crippen MR) is 68.6 cm³/mol. The zero-order valence-corrected chi connectivity index (χ0v) is 12.6. The summed E-state index contributed by atoms with van der Waals surface area (Å²) in [6.45, 7) is 1.46. The number of piperazine rings is 1. The van der Waals surface area contributed by atoms with Gasteiger partial charge in [-0.05, 0) is 6.92 Å². The van der Waals surface area contributed by atoms with E-state index < -0.39 is 44.5 Å². The quantitative estimate of drug-likeness (QED) is 0.694. The smallest absolute Gasteiger partial charge is 0.305 e. The van der Waals surface area contributed by atoms with Gasteiger partial charge >= 0.3 is 5.97 Å². The molecule has 0 bridgehead atoms. The van der Waals surface area contributed by atoms with Crippen molar-refractivity contribution >= 4 is 26.0 Å². The highest BCUT2D eigenvalue weighted by molar-refractivity contribution is 7.88. The Balaban J connectivity index is 3.11. The van der Waals surface area contributed by atoms with Gasteiger partial charge in [-0.2, -0.15) is 8.61 Å². The van der Waals surface area contributed by atoms with Crippen LogP contribution in [0.15, 0.2) is 0 Å². The fraction of sp³-hybridized carbons (Fsp3) is 0.889. The lowest BCUT2D eigenvalue weighted by Gasteiger charge is -2.42. The average Bonchev–Trinajstić information content (AvgIpc) is 2.11. The van der Waals surface area contributed by atoms with Crippen LogP contribution in [0.3, 0.4) is 0 Å². The molecular weight excluding hydrogens is 296 g/mol. The molecule has 112 valence electrons. The topological polar surface area (TPSA) is 112 Å². The number of carbonyl (C=O) groups is 1. The molecule has 0 radical (unpaired) electrons. The van der Waals surface area contributed by atoms with Crippen LogP contribution in [0, 0.1) is 0 Å². The molecule has 8 nitrogen and oxygen atoms in total. The first-order valence-corrected chi connectivity index (χ1v) is 9.28. The molecule has 0 spiro atoms. The first-order chi connectivity index (χ1) is 8.43. The highest BCUT2D eigenvalue weighted by Gasteiger charge is 2.41. The first-order valence-electron chi connectivity index (χ1n) is 5.58. The second kappa shape index (κ2) is 5.35. The molecule has 1 aliphatic heterocycles. The van der Waals surface area contributed by atoms with Gasteiger partial charge in [-0.1, -0.05) is 0 Å². The van der Waals surface area contributed by atoms with E-state index in [1.165, 1.54) is 0 Å². The minimum absolute atomic E-state index is 0.0298. The molecule has 0 aromatic rings. The van der Waals surface area contributed by atoms with E-state index in [9.17, 15) is 21.6 Å². The number of rotatable bonds is 4. The molecule has 0 aromatic heterocycles. The molecule has 1 N–H and O–H groups in total. The summed E-state index contributed by atoms with van der Waals surface area (Å²) in [5, 5.41) is 8.84. The van der Waals surface area contributed by atoms with Crippen molar-refractivity contribution in [3.8, 4) is 0 Å². The number of aliphatic carboxylic acids is 1. The molecule has 0 saturated carbocycles. The molecule has 0 amide bonds. The fourth-order valence-corrected chi connectivity index (χ4v) is 4.68. The largest absolute Gasteiger partial charge is 0.481 e. The Morgan fingerprint density at radius 1 is 1.16 bits per heavy atom. The highest BCUT2D eigenvalue weighted by Crippen LogP contribution is 2.23. The number of carboxylic acid groups (broad SMARTS) is 1. The van der Waals surface area contributed by atoms with Gasteiger partial charge in [-0.25, -0.2) is 16.8 Å². The predicted octanol–water partition coefficient (Wildman–Crippen LogP) is -1.24. The number of carboxylic acids is 1. The third-order valence-electron chi connectivity index (χ3n) is 2.94. The van der Waals surface area contributed by atoms with E-state index in [1.54, 1.807) is 6.92 Å². The zero-order valence-electron chi connectivity index (χ0n) is 11.0. The minimum atomic E-state index is -3.59. The van der Waals surface area contributed by atoms with Crippen molar-refractivity contribution in [1.82, 2.24) is 8.61 Å². The van der Waals surface area contributed by atoms with Crippen LogP contribution in [0.5, 0.6) is 0 Å². The van der Waals surface area contributed by atoms with E-state index in [-0.39, 0.29) is 13.1 Å². The normalized spacial score (nSPS) is 27.3. The van der Waals surface area contributed by atoms with Gasteiger partial charge in [0.2, 0.25) is 20.0 Å². The Labute approximate surface area is 113 Å². The SMILES string of the molecule is C[C@H]1CN(S(C)(=O)=O)C[C@@H](CC(=O)O)N1S(C)(=O)=O. The van der Waals surface area contributed by atoms with Crippen molar-refractivity contribution in [3.05, 3.63) is 0 Å². The summed E-state index contributed by atoms with van der Waals surface area (Å²) in [4.78, 5) is 10.8. The fourth-order valence-electron chi connectivity index (χ4n) is 2.35. The van der Waals surface area contributed by atoms with Crippen LogP contribution in [-0.4, -0.2) is 74.2 Å². The molecule has 1 saturated heterocycles. The van der Waals surface area contributed by atoms with Gasteiger partial charge in [0.05, 0.1) is 18.9 Å². The van der Waals surface area contributed by atoms with Crippen LogP contribution >= 0.6 is 0 Å². The molecule has 1 heterocycles. The molecular formula is C9H18N2O6S2. The third kappa shape index (κ3) is 4.13. The molecule has 19 heavy (non-hydrogen) atoms. The van der Waals surface area contributed by atoms with Crippen molar-refractivity contribution in [1.29, 1.82) is 0 Å². The van der Waals surface area contributed by atoms with Crippen molar-refractivity contribution in [3.63, 3.8) is 0 Å². The molecule has 0 unspecified atom stereocenters. The maximum atomic E-state index is 11.7. The average molecular weight is 314 g/mol. The van der Waals surface area contributed by atoms with E-state index in [2.05, 4.69) is 0 Å². The Bertz CT molecular complexity index is 555. The van der Waals surface area contributed by atoms with Gasteiger partial charge in [0.25, 0.3) is 0 Å². The van der Waals surface area contributed by atoms with Crippen molar-refractivity contribution in [2.24, 2.45) is 0 Å². The molecule has 0 aromatic carbocycles. The van der Waals surface area contributed by atoms with Crippen LogP contribution in [-0.2, 0) is 24.8 Å². The Hall–Kier alpha value is -0.710. The van der Waals surface area contributed by atoms with E-state index in [1.807, 2.05) is 0 Å². The Morgan fingerprint density at radius 3 is 2.05 bits per heavy atom. The third-order valence-corrected chi connectivity index (χ3v) is 5.60. The van der Waals surface area contributed by atoms with E-state index >= 15 is 0 Å². The summed E-state index contributed by atoms with van der Waals surface area (Å²) in [7, 11) is -7.07. The molecule has 1 fully saturated rings. The van der Waals surface area contributed by atoms with E-state index in [0.717, 1.165) is 21.1 Å². The van der Waals surface area contributed by atoms with Crippen LogP contribution in [0.1, 0.15) is 13.3 Å². The minimum Gasteiger partial charge on any atom is -0.481 e. The summed E-state index contributed by atoms with van der Waals surface area (Å²) < 4.78 is 48.7. The first kappa shape index (κ1) is 16.3. The van der Waals surface area contributed by atoms with Crippen molar-refractivity contribution < 1.29 is 26.7 Å². The van der Waals surface area contributed by atoms with Gasteiger partial charge in [0.1, 0.15) is 0 Å². The lowest BCUT2D eigenvalue weighted by molar-refractivity contribution is -0.138. The van der Waals surface area contributed by atoms with Gasteiger partial charge in [-0.15, -0.1) is 0 Å².